The van der Waals surface area contributed by atoms with E-state index in [4.69, 9.17) is 0 Å². The lowest BCUT2D eigenvalue weighted by Gasteiger charge is -2.13. The summed E-state index contributed by atoms with van der Waals surface area (Å²) in [6.45, 7) is 6.35. The van der Waals surface area contributed by atoms with Crippen LogP contribution in [0.3, 0.4) is 0 Å². The molecule has 4 nitrogen and oxygen atoms in total. The van der Waals surface area contributed by atoms with E-state index in [1.165, 1.54) is 32.6 Å². The number of nitrogens with zero attached hydrogens (tertiary/aromatic N) is 4. The lowest BCUT2D eigenvalue weighted by Crippen LogP contribution is -1.95. The van der Waals surface area contributed by atoms with Gasteiger partial charge >= 0.3 is 0 Å². The maximum Gasteiger partial charge on any atom is 0.116 e. The lowest BCUT2D eigenvalue weighted by atomic mass is 9.95. The van der Waals surface area contributed by atoms with Crippen LogP contribution in [0.5, 0.6) is 0 Å². The summed E-state index contributed by atoms with van der Waals surface area (Å²) in [6.07, 6.45) is 9.81. The van der Waals surface area contributed by atoms with Crippen LogP contribution in [0.15, 0.2) is 171 Å². The van der Waals surface area contributed by atoms with Crippen LogP contribution < -0.4 is 0 Å². The van der Waals surface area contributed by atoms with E-state index in [0.717, 1.165) is 55.6 Å². The Kier molecular flexibility index (Phi) is 6.80. The quantitative estimate of drug-likeness (QED) is 0.172. The molecule has 49 heavy (non-hydrogen) atoms. The molecule has 0 aliphatic carbocycles. The second-order valence-corrected chi connectivity index (χ2v) is 12.4. The Balaban J connectivity index is 1.14. The van der Waals surface area contributed by atoms with E-state index in [1.54, 1.807) is 6.33 Å². The highest BCUT2D eigenvalue weighted by molar-refractivity contribution is 6.11. The standard InChI is InChI=1S/C45H32N4/c1-3-33(48-42-16-8-4-12-35(42)36-13-5-9-17-43(36)48)23-20-30(2)32-26-39(40-28-46-29-47-41(40)27-32)31-21-24-34(25-22-31)49-44-18-10-6-14-37(44)38-15-7-11-19-45(38)49/h3-29H,1H2,2H3/b30-20+,33-23+. The maximum atomic E-state index is 4.68. The highest BCUT2D eigenvalue weighted by atomic mass is 15.0. The smallest absolute Gasteiger partial charge is 0.116 e. The molecule has 0 saturated carbocycles. The van der Waals surface area contributed by atoms with Crippen LogP contribution in [0.1, 0.15) is 12.5 Å². The highest BCUT2D eigenvalue weighted by Gasteiger charge is 2.14. The molecule has 0 radical (unpaired) electrons. The summed E-state index contributed by atoms with van der Waals surface area (Å²) in [5.41, 5.74) is 12.2. The average molecular weight is 629 g/mol. The normalized spacial score (nSPS) is 12.5. The first kappa shape index (κ1) is 28.7. The van der Waals surface area contributed by atoms with E-state index in [-0.39, 0.29) is 0 Å². The van der Waals surface area contributed by atoms with Gasteiger partial charge in [-0.1, -0.05) is 97.6 Å². The van der Waals surface area contributed by atoms with Crippen LogP contribution in [0.4, 0.5) is 0 Å². The van der Waals surface area contributed by atoms with Crippen LogP contribution in [0.2, 0.25) is 0 Å². The Morgan fingerprint density at radius 3 is 1.76 bits per heavy atom. The van der Waals surface area contributed by atoms with Crippen molar-refractivity contribution in [3.05, 3.63) is 176 Å². The molecule has 9 aromatic rings. The van der Waals surface area contributed by atoms with Gasteiger partial charge in [0.2, 0.25) is 0 Å². The zero-order valence-electron chi connectivity index (χ0n) is 27.1. The molecule has 6 aromatic carbocycles. The summed E-state index contributed by atoms with van der Waals surface area (Å²) < 4.78 is 4.64. The van der Waals surface area contributed by atoms with Crippen molar-refractivity contribution in [3.8, 4) is 16.8 Å². The Labute approximate surface area is 284 Å². The van der Waals surface area contributed by atoms with Gasteiger partial charge in [-0.15, -0.1) is 0 Å². The molecule has 9 rings (SSSR count). The molecule has 0 aliphatic rings. The molecule has 0 bridgehead atoms. The van der Waals surface area contributed by atoms with Gasteiger partial charge in [0, 0.05) is 44.5 Å². The summed E-state index contributed by atoms with van der Waals surface area (Å²) in [5.74, 6) is 0. The molecule has 0 amide bonds. The number of aromatic nitrogens is 4. The van der Waals surface area contributed by atoms with Crippen molar-refractivity contribution < 1.29 is 0 Å². The Morgan fingerprint density at radius 2 is 1.16 bits per heavy atom. The molecule has 0 atom stereocenters. The molecular formula is C45H32N4. The highest BCUT2D eigenvalue weighted by Crippen LogP contribution is 2.36. The van der Waals surface area contributed by atoms with E-state index in [1.807, 2.05) is 12.3 Å². The molecule has 0 unspecified atom stereocenters. The topological polar surface area (TPSA) is 35.6 Å². The number of benzene rings is 6. The fourth-order valence-corrected chi connectivity index (χ4v) is 7.28. The fraction of sp³-hybridized carbons (Fsp3) is 0.0222. The van der Waals surface area contributed by atoms with E-state index in [2.05, 4.69) is 178 Å². The van der Waals surface area contributed by atoms with Crippen molar-refractivity contribution in [2.24, 2.45) is 0 Å². The predicted molar refractivity (Wildman–Crippen MR) is 207 cm³/mol. The zero-order chi connectivity index (χ0) is 32.9. The third-order valence-electron chi connectivity index (χ3n) is 9.65. The average Bonchev–Trinajstić information content (AvgIpc) is 3.68. The van der Waals surface area contributed by atoms with Crippen molar-refractivity contribution in [3.63, 3.8) is 0 Å². The summed E-state index contributed by atoms with van der Waals surface area (Å²) in [5, 5.41) is 6.00. The summed E-state index contributed by atoms with van der Waals surface area (Å²) >= 11 is 0. The number of hydrogen-bond donors (Lipinski definition) is 0. The molecule has 0 saturated heterocycles. The molecule has 0 spiro atoms. The summed E-state index contributed by atoms with van der Waals surface area (Å²) in [4.78, 5) is 9.07. The molecule has 4 heteroatoms. The van der Waals surface area contributed by atoms with E-state index >= 15 is 0 Å². The van der Waals surface area contributed by atoms with Crippen molar-refractivity contribution in [1.82, 2.24) is 19.1 Å². The predicted octanol–water partition coefficient (Wildman–Crippen LogP) is 11.6. The number of hydrogen-bond acceptors (Lipinski definition) is 2. The number of rotatable bonds is 6. The SMILES string of the molecule is C=C/C(=C\C=C(/C)c1cc(-c2ccc(-n3c4ccccc4c4ccccc43)cc2)c2cncnc2c1)n1c2ccccc2c2ccccc21. The van der Waals surface area contributed by atoms with Crippen LogP contribution in [0, 0.1) is 0 Å². The van der Waals surface area contributed by atoms with Crippen molar-refractivity contribution >= 4 is 65.8 Å². The fourth-order valence-electron chi connectivity index (χ4n) is 7.28. The van der Waals surface area contributed by atoms with Crippen molar-refractivity contribution in [2.75, 3.05) is 0 Å². The van der Waals surface area contributed by atoms with Gasteiger partial charge < -0.3 is 9.13 Å². The lowest BCUT2D eigenvalue weighted by molar-refractivity contribution is 1.18. The monoisotopic (exact) mass is 628 g/mol. The molecule has 0 aliphatic heterocycles. The minimum absolute atomic E-state index is 0.914. The second-order valence-electron chi connectivity index (χ2n) is 12.4. The van der Waals surface area contributed by atoms with Crippen molar-refractivity contribution in [2.45, 2.75) is 6.92 Å². The Hall–Kier alpha value is -6.52. The van der Waals surface area contributed by atoms with Crippen LogP contribution in [-0.2, 0) is 0 Å². The van der Waals surface area contributed by atoms with E-state index < -0.39 is 0 Å². The molecule has 0 fully saturated rings. The van der Waals surface area contributed by atoms with Gasteiger partial charge in [0.25, 0.3) is 0 Å². The van der Waals surface area contributed by atoms with Crippen LogP contribution >= 0.6 is 0 Å². The van der Waals surface area contributed by atoms with Gasteiger partial charge in [0.15, 0.2) is 0 Å². The molecule has 0 N–H and O–H groups in total. The van der Waals surface area contributed by atoms with Crippen molar-refractivity contribution in [1.29, 1.82) is 0 Å². The number of allylic oxidation sites excluding steroid dienone is 5. The van der Waals surface area contributed by atoms with Crippen LogP contribution in [0.25, 0.3) is 82.6 Å². The van der Waals surface area contributed by atoms with Gasteiger partial charge in [-0.05, 0) is 89.9 Å². The second kappa shape index (κ2) is 11.6. The first-order valence-corrected chi connectivity index (χ1v) is 16.5. The zero-order valence-corrected chi connectivity index (χ0v) is 27.1. The molecule has 3 heterocycles. The van der Waals surface area contributed by atoms with E-state index in [0.29, 0.717) is 0 Å². The van der Waals surface area contributed by atoms with Gasteiger partial charge in [-0.2, -0.15) is 0 Å². The van der Waals surface area contributed by atoms with Gasteiger partial charge in [-0.25, -0.2) is 9.97 Å². The maximum absolute atomic E-state index is 4.68. The number of fused-ring (bicyclic) bond motifs is 7. The summed E-state index contributed by atoms with van der Waals surface area (Å²) in [7, 11) is 0. The third kappa shape index (κ3) is 4.68. The minimum atomic E-state index is 0.914. The Bertz CT molecular complexity index is 2680. The molecular weight excluding hydrogens is 597 g/mol. The first-order valence-electron chi connectivity index (χ1n) is 16.5. The first-order chi connectivity index (χ1) is 24.2. The number of para-hydroxylation sites is 4. The third-order valence-corrected chi connectivity index (χ3v) is 9.65. The van der Waals surface area contributed by atoms with Gasteiger partial charge in [0.1, 0.15) is 6.33 Å². The molecule has 3 aromatic heterocycles. The Morgan fingerprint density at radius 1 is 0.612 bits per heavy atom. The van der Waals surface area contributed by atoms with Gasteiger partial charge in [-0.3, -0.25) is 0 Å². The van der Waals surface area contributed by atoms with Crippen LogP contribution in [-0.4, -0.2) is 19.1 Å². The minimum Gasteiger partial charge on any atom is -0.309 e. The van der Waals surface area contributed by atoms with E-state index in [9.17, 15) is 0 Å². The molecule has 232 valence electrons. The largest absolute Gasteiger partial charge is 0.309 e. The summed E-state index contributed by atoms with van der Waals surface area (Å²) in [6, 6.07) is 47.6. The van der Waals surface area contributed by atoms with Gasteiger partial charge in [0.05, 0.1) is 27.6 Å².